The maximum Gasteiger partial charge on any atom is 0.244 e. The molecular formula is C25H35N3O5S. The number of aryl methyl sites for hydroxylation is 1. The van der Waals surface area contributed by atoms with Crippen LogP contribution in [0.15, 0.2) is 48.5 Å². The SMILES string of the molecule is CCCCNC(=O)[C@@H](C)N(Cc1cccc(OC)c1)C(=O)CN(c1cccc(C)c1)S(C)(=O)=O. The average molecular weight is 490 g/mol. The Bertz CT molecular complexity index is 1090. The lowest BCUT2D eigenvalue weighted by atomic mass is 10.1. The lowest BCUT2D eigenvalue weighted by molar-refractivity contribution is -0.139. The first-order valence-electron chi connectivity index (χ1n) is 11.3. The number of hydrogen-bond acceptors (Lipinski definition) is 5. The van der Waals surface area contributed by atoms with E-state index in [1.807, 2.05) is 26.0 Å². The summed E-state index contributed by atoms with van der Waals surface area (Å²) in [7, 11) is -2.19. The van der Waals surface area contributed by atoms with Gasteiger partial charge in [-0.3, -0.25) is 13.9 Å². The molecule has 2 aromatic carbocycles. The third kappa shape index (κ3) is 7.76. The minimum atomic E-state index is -3.75. The van der Waals surface area contributed by atoms with Gasteiger partial charge in [-0.2, -0.15) is 0 Å². The standard InChI is InChI=1S/C25H35N3O5S/c1-6-7-14-26-25(30)20(3)27(17-21-11-9-13-23(16-21)33-4)24(29)18-28(34(5,31)32)22-12-8-10-19(2)15-22/h8-13,15-16,20H,6-7,14,17-18H2,1-5H3,(H,26,30)/t20-/m1/s1. The van der Waals surface area contributed by atoms with Crippen LogP contribution in [-0.2, 0) is 26.2 Å². The minimum absolute atomic E-state index is 0.129. The normalized spacial score (nSPS) is 12.0. The molecule has 34 heavy (non-hydrogen) atoms. The largest absolute Gasteiger partial charge is 0.497 e. The van der Waals surface area contributed by atoms with Gasteiger partial charge in [-0.15, -0.1) is 0 Å². The molecule has 0 fully saturated rings. The van der Waals surface area contributed by atoms with Crippen LogP contribution in [0.4, 0.5) is 5.69 Å². The Labute approximate surface area is 202 Å². The van der Waals surface area contributed by atoms with E-state index in [1.54, 1.807) is 50.4 Å². The van der Waals surface area contributed by atoms with Gasteiger partial charge in [-0.25, -0.2) is 8.42 Å². The van der Waals surface area contributed by atoms with Crippen molar-refractivity contribution in [2.24, 2.45) is 0 Å². The van der Waals surface area contributed by atoms with Crippen molar-refractivity contribution >= 4 is 27.5 Å². The number of anilines is 1. The summed E-state index contributed by atoms with van der Waals surface area (Å²) in [5.41, 5.74) is 2.04. The molecule has 2 amide bonds. The number of rotatable bonds is 12. The van der Waals surface area contributed by atoms with Crippen LogP contribution >= 0.6 is 0 Å². The van der Waals surface area contributed by atoms with Crippen molar-refractivity contribution in [3.05, 3.63) is 59.7 Å². The lowest BCUT2D eigenvalue weighted by Crippen LogP contribution is -2.51. The second-order valence-electron chi connectivity index (χ2n) is 8.30. The Balaban J connectivity index is 2.36. The Hall–Kier alpha value is -3.07. The molecule has 0 heterocycles. The molecule has 186 valence electrons. The van der Waals surface area contributed by atoms with Crippen molar-refractivity contribution in [2.45, 2.75) is 46.2 Å². The lowest BCUT2D eigenvalue weighted by Gasteiger charge is -2.31. The molecule has 2 rings (SSSR count). The van der Waals surface area contributed by atoms with Gasteiger partial charge in [0.05, 0.1) is 19.1 Å². The summed E-state index contributed by atoms with van der Waals surface area (Å²) in [6.45, 7) is 5.75. The van der Waals surface area contributed by atoms with Gasteiger partial charge in [0.25, 0.3) is 0 Å². The van der Waals surface area contributed by atoms with Gasteiger partial charge in [0, 0.05) is 13.1 Å². The Kier molecular flexibility index (Phi) is 9.92. The Morgan fingerprint density at radius 2 is 1.82 bits per heavy atom. The van der Waals surface area contributed by atoms with Crippen LogP contribution in [-0.4, -0.2) is 57.6 Å². The van der Waals surface area contributed by atoms with Crippen LogP contribution in [0.3, 0.4) is 0 Å². The maximum atomic E-state index is 13.5. The topological polar surface area (TPSA) is 96.0 Å². The molecule has 0 saturated carbocycles. The molecule has 0 spiro atoms. The quantitative estimate of drug-likeness (QED) is 0.462. The number of methoxy groups -OCH3 is 1. The summed E-state index contributed by atoms with van der Waals surface area (Å²) in [6, 6.07) is 13.4. The van der Waals surface area contributed by atoms with Gasteiger partial charge in [-0.1, -0.05) is 37.6 Å². The zero-order chi connectivity index (χ0) is 25.3. The minimum Gasteiger partial charge on any atom is -0.497 e. The van der Waals surface area contributed by atoms with Crippen molar-refractivity contribution in [3.63, 3.8) is 0 Å². The molecular weight excluding hydrogens is 454 g/mol. The first-order chi connectivity index (χ1) is 16.1. The van der Waals surface area contributed by atoms with Crippen LogP contribution < -0.4 is 14.4 Å². The first kappa shape index (κ1) is 27.2. The van der Waals surface area contributed by atoms with Gasteiger partial charge in [-0.05, 0) is 55.7 Å². The van der Waals surface area contributed by atoms with Crippen LogP contribution in [0.2, 0.25) is 0 Å². The third-order valence-electron chi connectivity index (χ3n) is 5.45. The number of ether oxygens (including phenoxy) is 1. The molecule has 9 heteroatoms. The number of benzene rings is 2. The molecule has 0 unspecified atom stereocenters. The fourth-order valence-electron chi connectivity index (χ4n) is 3.48. The predicted octanol–water partition coefficient (Wildman–Crippen LogP) is 3.10. The van der Waals surface area contributed by atoms with Gasteiger partial charge >= 0.3 is 0 Å². The highest BCUT2D eigenvalue weighted by Crippen LogP contribution is 2.21. The summed E-state index contributed by atoms with van der Waals surface area (Å²) in [4.78, 5) is 27.7. The molecule has 0 saturated heterocycles. The molecule has 0 bridgehead atoms. The van der Waals surface area contributed by atoms with Crippen LogP contribution in [0.1, 0.15) is 37.8 Å². The Morgan fingerprint density at radius 1 is 1.12 bits per heavy atom. The van der Waals surface area contributed by atoms with E-state index in [2.05, 4.69) is 5.32 Å². The van der Waals surface area contributed by atoms with Gasteiger partial charge < -0.3 is 15.0 Å². The number of unbranched alkanes of at least 4 members (excludes halogenated alkanes) is 1. The highest BCUT2D eigenvalue weighted by atomic mass is 32.2. The van der Waals surface area contributed by atoms with E-state index in [9.17, 15) is 18.0 Å². The molecule has 1 N–H and O–H groups in total. The maximum absolute atomic E-state index is 13.5. The second-order valence-corrected chi connectivity index (χ2v) is 10.2. The summed E-state index contributed by atoms with van der Waals surface area (Å²) in [6.07, 6.45) is 2.83. The molecule has 0 radical (unpaired) electrons. The van der Waals surface area contributed by atoms with Crippen molar-refractivity contribution in [2.75, 3.05) is 30.8 Å². The Morgan fingerprint density at radius 3 is 2.44 bits per heavy atom. The number of carbonyl (C=O) groups excluding carboxylic acids is 2. The summed E-state index contributed by atoms with van der Waals surface area (Å²) in [5, 5.41) is 2.86. The predicted molar refractivity (Wildman–Crippen MR) is 134 cm³/mol. The van der Waals surface area contributed by atoms with E-state index in [4.69, 9.17) is 4.74 Å². The molecule has 8 nitrogen and oxygen atoms in total. The van der Waals surface area contributed by atoms with E-state index >= 15 is 0 Å². The van der Waals surface area contributed by atoms with Crippen molar-refractivity contribution < 1.29 is 22.7 Å². The molecule has 2 aromatic rings. The highest BCUT2D eigenvalue weighted by molar-refractivity contribution is 7.92. The number of amides is 2. The summed E-state index contributed by atoms with van der Waals surface area (Å²) >= 11 is 0. The zero-order valence-corrected chi connectivity index (χ0v) is 21.4. The van der Waals surface area contributed by atoms with Gasteiger partial charge in [0.2, 0.25) is 21.8 Å². The van der Waals surface area contributed by atoms with Crippen molar-refractivity contribution in [3.8, 4) is 5.75 Å². The first-order valence-corrected chi connectivity index (χ1v) is 13.2. The fourth-order valence-corrected chi connectivity index (χ4v) is 4.32. The average Bonchev–Trinajstić information content (AvgIpc) is 2.79. The smallest absolute Gasteiger partial charge is 0.244 e. The molecule has 0 aliphatic heterocycles. The summed E-state index contributed by atoms with van der Waals surface area (Å²) in [5.74, 6) is -0.137. The highest BCUT2D eigenvalue weighted by Gasteiger charge is 2.30. The van der Waals surface area contributed by atoms with Crippen LogP contribution in [0, 0.1) is 6.92 Å². The number of carbonyl (C=O) groups is 2. The number of sulfonamides is 1. The second kappa shape index (κ2) is 12.4. The molecule has 1 atom stereocenters. The van der Waals surface area contributed by atoms with Crippen molar-refractivity contribution in [1.29, 1.82) is 0 Å². The van der Waals surface area contributed by atoms with E-state index in [-0.39, 0.29) is 12.5 Å². The van der Waals surface area contributed by atoms with E-state index in [1.165, 1.54) is 4.90 Å². The number of nitrogens with zero attached hydrogens (tertiary/aromatic N) is 2. The van der Waals surface area contributed by atoms with E-state index in [0.29, 0.717) is 18.0 Å². The molecule has 0 aliphatic rings. The summed E-state index contributed by atoms with van der Waals surface area (Å²) < 4.78 is 31.5. The molecule has 0 aliphatic carbocycles. The van der Waals surface area contributed by atoms with Crippen LogP contribution in [0.5, 0.6) is 5.75 Å². The monoisotopic (exact) mass is 489 g/mol. The fraction of sp³-hybridized carbons (Fsp3) is 0.440. The number of nitrogens with one attached hydrogen (secondary N) is 1. The van der Waals surface area contributed by atoms with Crippen molar-refractivity contribution in [1.82, 2.24) is 10.2 Å². The van der Waals surface area contributed by atoms with E-state index < -0.39 is 28.5 Å². The number of hydrogen-bond donors (Lipinski definition) is 1. The van der Waals surface area contributed by atoms with E-state index in [0.717, 1.165) is 34.5 Å². The third-order valence-corrected chi connectivity index (χ3v) is 6.59. The molecule has 0 aromatic heterocycles. The zero-order valence-electron chi connectivity index (χ0n) is 20.6. The van der Waals surface area contributed by atoms with Gasteiger partial charge in [0.15, 0.2) is 0 Å². The van der Waals surface area contributed by atoms with Gasteiger partial charge in [0.1, 0.15) is 18.3 Å². The van der Waals surface area contributed by atoms with Crippen LogP contribution in [0.25, 0.3) is 0 Å².